The SMILES string of the molecule is CCOC(=O)COc1ccc(/C=c2\sc3n(c2=O)[C@@H](c2ccc(C(C)C)cc2)C(C(=O)OCC)=C(c2ccccc2)N=3)cc1OC. The molecule has 0 saturated heterocycles. The molecule has 9 nitrogen and oxygen atoms in total. The number of nitrogens with zero attached hydrogens (tertiary/aromatic N) is 2. The van der Waals surface area contributed by atoms with Crippen LogP contribution in [0.25, 0.3) is 11.8 Å². The summed E-state index contributed by atoms with van der Waals surface area (Å²) in [6, 6.07) is 21.8. The molecule has 46 heavy (non-hydrogen) atoms. The third kappa shape index (κ3) is 6.82. The van der Waals surface area contributed by atoms with Gasteiger partial charge in [0.2, 0.25) is 0 Å². The highest BCUT2D eigenvalue weighted by atomic mass is 32.1. The summed E-state index contributed by atoms with van der Waals surface area (Å²) in [6.07, 6.45) is 1.75. The maximum atomic E-state index is 14.2. The van der Waals surface area contributed by atoms with Crippen LogP contribution >= 0.6 is 11.3 Å². The maximum Gasteiger partial charge on any atom is 0.344 e. The van der Waals surface area contributed by atoms with Crippen molar-refractivity contribution >= 4 is 35.0 Å². The summed E-state index contributed by atoms with van der Waals surface area (Å²) in [5.74, 6) is 0.0612. The molecule has 0 unspecified atom stereocenters. The molecular formula is C36H36N2O7S. The van der Waals surface area contributed by atoms with Gasteiger partial charge in [0.05, 0.1) is 42.2 Å². The zero-order valence-corrected chi connectivity index (χ0v) is 27.3. The molecule has 0 N–H and O–H groups in total. The molecule has 1 aliphatic rings. The molecule has 1 aliphatic heterocycles. The first-order chi connectivity index (χ1) is 22.2. The fourth-order valence-corrected chi connectivity index (χ4v) is 6.20. The van der Waals surface area contributed by atoms with Gasteiger partial charge in [0.15, 0.2) is 22.9 Å². The summed E-state index contributed by atoms with van der Waals surface area (Å²) >= 11 is 1.23. The van der Waals surface area contributed by atoms with Gasteiger partial charge in [-0.05, 0) is 54.7 Å². The van der Waals surface area contributed by atoms with Gasteiger partial charge in [0.25, 0.3) is 5.56 Å². The van der Waals surface area contributed by atoms with E-state index in [2.05, 4.69) is 13.8 Å². The van der Waals surface area contributed by atoms with E-state index in [1.165, 1.54) is 18.4 Å². The summed E-state index contributed by atoms with van der Waals surface area (Å²) < 4.78 is 23.6. The summed E-state index contributed by atoms with van der Waals surface area (Å²) in [5.41, 5.74) is 3.81. The van der Waals surface area contributed by atoms with E-state index in [4.69, 9.17) is 23.9 Å². The van der Waals surface area contributed by atoms with Crippen molar-refractivity contribution in [1.29, 1.82) is 0 Å². The van der Waals surface area contributed by atoms with Gasteiger partial charge in [0.1, 0.15) is 0 Å². The van der Waals surface area contributed by atoms with E-state index in [1.54, 1.807) is 42.7 Å². The van der Waals surface area contributed by atoms with E-state index in [1.807, 2.05) is 54.6 Å². The molecule has 0 fully saturated rings. The molecule has 0 amide bonds. The maximum absolute atomic E-state index is 14.2. The zero-order chi connectivity index (χ0) is 32.8. The minimum Gasteiger partial charge on any atom is -0.493 e. The number of methoxy groups -OCH3 is 1. The van der Waals surface area contributed by atoms with Gasteiger partial charge in [-0.15, -0.1) is 0 Å². The number of esters is 2. The normalized spacial score (nSPS) is 14.5. The first kappa shape index (κ1) is 32.4. The van der Waals surface area contributed by atoms with Crippen molar-refractivity contribution in [2.45, 2.75) is 39.7 Å². The van der Waals surface area contributed by atoms with Gasteiger partial charge >= 0.3 is 11.9 Å². The number of rotatable bonds is 11. The summed E-state index contributed by atoms with van der Waals surface area (Å²) in [5, 5.41) is 0. The number of carbonyl (C=O) groups excluding carboxylic acids is 2. The number of thiazole rings is 1. The van der Waals surface area contributed by atoms with Crippen LogP contribution in [0.3, 0.4) is 0 Å². The Balaban J connectivity index is 1.67. The van der Waals surface area contributed by atoms with Crippen LogP contribution in [-0.4, -0.2) is 43.4 Å². The molecule has 0 radical (unpaired) electrons. The van der Waals surface area contributed by atoms with E-state index in [-0.39, 0.29) is 25.4 Å². The van der Waals surface area contributed by atoms with Gasteiger partial charge in [-0.1, -0.05) is 85.8 Å². The van der Waals surface area contributed by atoms with Crippen molar-refractivity contribution in [1.82, 2.24) is 4.57 Å². The molecule has 0 aliphatic carbocycles. The van der Waals surface area contributed by atoms with Crippen molar-refractivity contribution < 1.29 is 28.5 Å². The lowest BCUT2D eigenvalue weighted by atomic mass is 9.91. The highest BCUT2D eigenvalue weighted by Crippen LogP contribution is 2.36. The molecule has 0 spiro atoms. The molecule has 10 heteroatoms. The lowest BCUT2D eigenvalue weighted by molar-refractivity contribution is -0.145. The van der Waals surface area contributed by atoms with Gasteiger partial charge in [-0.25, -0.2) is 14.6 Å². The monoisotopic (exact) mass is 640 g/mol. The molecular weight excluding hydrogens is 604 g/mol. The highest BCUT2D eigenvalue weighted by molar-refractivity contribution is 7.07. The molecule has 1 aromatic heterocycles. The zero-order valence-electron chi connectivity index (χ0n) is 26.4. The predicted octanol–water partition coefficient (Wildman–Crippen LogP) is 5.01. The van der Waals surface area contributed by atoms with Crippen LogP contribution in [0, 0.1) is 0 Å². The van der Waals surface area contributed by atoms with Crippen molar-refractivity contribution in [3.8, 4) is 11.5 Å². The topological polar surface area (TPSA) is 105 Å². The standard InChI is InChI=1S/C36H36N2O7S/c1-6-43-30(39)21-45-27-18-13-23(19-28(27)42-5)20-29-34(40)38-33(26-16-14-24(15-17-26)22(3)4)31(35(41)44-7-2)32(37-36(38)46-29)25-11-9-8-10-12-25/h8-20,22,33H,6-7,21H2,1-5H3/b29-20-/t33-/m0/s1. The predicted molar refractivity (Wildman–Crippen MR) is 177 cm³/mol. The second kappa shape index (κ2) is 14.4. The highest BCUT2D eigenvalue weighted by Gasteiger charge is 2.35. The molecule has 3 aromatic carbocycles. The lowest BCUT2D eigenvalue weighted by Gasteiger charge is -2.26. The smallest absolute Gasteiger partial charge is 0.344 e. The van der Waals surface area contributed by atoms with Crippen molar-refractivity contribution in [2.24, 2.45) is 4.99 Å². The molecule has 0 bridgehead atoms. The van der Waals surface area contributed by atoms with Crippen LogP contribution in [0.15, 0.2) is 88.2 Å². The molecule has 0 saturated carbocycles. The van der Waals surface area contributed by atoms with E-state index >= 15 is 0 Å². The minimum absolute atomic E-state index is 0.176. The molecule has 1 atom stereocenters. The van der Waals surface area contributed by atoms with Gasteiger partial charge in [-0.3, -0.25) is 9.36 Å². The number of aromatic nitrogens is 1. The summed E-state index contributed by atoms with van der Waals surface area (Å²) in [7, 11) is 1.50. The fourth-order valence-electron chi connectivity index (χ4n) is 5.20. The fraction of sp³-hybridized carbons (Fsp3) is 0.278. The Hall–Kier alpha value is -4.96. The second-order valence-corrected chi connectivity index (χ2v) is 11.8. The quantitative estimate of drug-likeness (QED) is 0.212. The number of fused-ring (bicyclic) bond motifs is 1. The Morgan fingerprint density at radius 2 is 1.67 bits per heavy atom. The molecule has 4 aromatic rings. The Bertz CT molecular complexity index is 1940. The summed E-state index contributed by atoms with van der Waals surface area (Å²) in [4.78, 5) is 45.0. The van der Waals surface area contributed by atoms with Crippen LogP contribution in [0.2, 0.25) is 0 Å². The second-order valence-electron chi connectivity index (χ2n) is 10.8. The van der Waals surface area contributed by atoms with E-state index in [9.17, 15) is 14.4 Å². The van der Waals surface area contributed by atoms with Gasteiger partial charge in [0, 0.05) is 5.56 Å². The van der Waals surface area contributed by atoms with Crippen LogP contribution in [-0.2, 0) is 19.1 Å². The van der Waals surface area contributed by atoms with Crippen molar-refractivity contribution in [3.05, 3.63) is 120 Å². The number of carbonyl (C=O) groups is 2. The minimum atomic E-state index is -0.762. The number of benzene rings is 3. The Morgan fingerprint density at radius 3 is 2.33 bits per heavy atom. The third-order valence-corrected chi connectivity index (χ3v) is 8.41. The molecule has 5 rings (SSSR count). The first-order valence-electron chi connectivity index (χ1n) is 15.1. The van der Waals surface area contributed by atoms with Crippen molar-refractivity contribution in [3.63, 3.8) is 0 Å². The largest absolute Gasteiger partial charge is 0.493 e. The van der Waals surface area contributed by atoms with Crippen LogP contribution < -0.4 is 24.4 Å². The lowest BCUT2D eigenvalue weighted by Crippen LogP contribution is -2.40. The van der Waals surface area contributed by atoms with Gasteiger partial charge in [-0.2, -0.15) is 0 Å². The number of ether oxygens (including phenoxy) is 4. The third-order valence-electron chi connectivity index (χ3n) is 7.43. The summed E-state index contributed by atoms with van der Waals surface area (Å²) in [6.45, 7) is 7.88. The van der Waals surface area contributed by atoms with E-state index in [0.29, 0.717) is 43.6 Å². The Morgan fingerprint density at radius 1 is 0.957 bits per heavy atom. The molecule has 2 heterocycles. The Labute approximate surface area is 271 Å². The number of hydrogen-bond acceptors (Lipinski definition) is 9. The van der Waals surface area contributed by atoms with Crippen LogP contribution in [0.5, 0.6) is 11.5 Å². The van der Waals surface area contributed by atoms with E-state index < -0.39 is 18.0 Å². The van der Waals surface area contributed by atoms with E-state index in [0.717, 1.165) is 16.7 Å². The first-order valence-corrected chi connectivity index (χ1v) is 15.9. The van der Waals surface area contributed by atoms with Crippen molar-refractivity contribution in [2.75, 3.05) is 26.9 Å². The number of hydrogen-bond donors (Lipinski definition) is 0. The average Bonchev–Trinajstić information content (AvgIpc) is 3.37. The van der Waals surface area contributed by atoms with Crippen LogP contribution in [0.4, 0.5) is 0 Å². The van der Waals surface area contributed by atoms with Crippen LogP contribution in [0.1, 0.15) is 61.9 Å². The average molecular weight is 641 g/mol. The van der Waals surface area contributed by atoms with Gasteiger partial charge < -0.3 is 18.9 Å². The Kier molecular flexibility index (Phi) is 10.2. The molecule has 238 valence electrons.